The maximum Gasteiger partial charge on any atom is 0.161 e. The number of methoxy groups -OCH3 is 1. The molecule has 0 saturated carbocycles. The van der Waals surface area contributed by atoms with Gasteiger partial charge in [-0.15, -0.1) is 12.4 Å². The fourth-order valence-corrected chi connectivity index (χ4v) is 2.79. The number of halogens is 1. The predicted molar refractivity (Wildman–Crippen MR) is 82.9 cm³/mol. The average Bonchev–Trinajstić information content (AvgIpc) is 2.35. The molecule has 1 unspecified atom stereocenters. The van der Waals surface area contributed by atoms with E-state index in [9.17, 15) is 8.42 Å². The molecule has 5 nitrogen and oxygen atoms in total. The second kappa shape index (κ2) is 8.34. The van der Waals surface area contributed by atoms with E-state index in [0.717, 1.165) is 5.56 Å². The summed E-state index contributed by atoms with van der Waals surface area (Å²) in [4.78, 5) is 0. The highest BCUT2D eigenvalue weighted by Crippen LogP contribution is 2.30. The Morgan fingerprint density at radius 2 is 1.95 bits per heavy atom. The van der Waals surface area contributed by atoms with E-state index in [1.54, 1.807) is 20.2 Å². The van der Waals surface area contributed by atoms with Gasteiger partial charge in [0.05, 0.1) is 19.5 Å². The number of ether oxygens (including phenoxy) is 2. The Morgan fingerprint density at radius 1 is 1.30 bits per heavy atom. The summed E-state index contributed by atoms with van der Waals surface area (Å²) in [7, 11) is 0.251. The number of hydrogen-bond donors (Lipinski definition) is 1. The molecule has 0 fully saturated rings. The molecule has 0 aliphatic carbocycles. The van der Waals surface area contributed by atoms with Gasteiger partial charge in [0.25, 0.3) is 0 Å². The van der Waals surface area contributed by atoms with Crippen molar-refractivity contribution in [1.82, 2.24) is 5.32 Å². The van der Waals surface area contributed by atoms with Crippen LogP contribution in [-0.2, 0) is 9.84 Å². The van der Waals surface area contributed by atoms with Crippen molar-refractivity contribution >= 4 is 22.2 Å². The minimum absolute atomic E-state index is 0. The van der Waals surface area contributed by atoms with Crippen LogP contribution in [0.3, 0.4) is 0 Å². The molecular weight excluding hydrogens is 302 g/mol. The first-order chi connectivity index (χ1) is 8.91. The Hall–Kier alpha value is -0.980. The standard InChI is InChI=1S/C13H21NO4S.ClH/c1-5-18-13-8-10(6-7-12(13)17-3)11(14-2)9-19(4,15)16;/h6-8,11,14H,5,9H2,1-4H3;1H. The number of sulfone groups is 1. The van der Waals surface area contributed by atoms with Gasteiger partial charge in [-0.1, -0.05) is 6.07 Å². The molecule has 0 spiro atoms. The minimum atomic E-state index is -3.06. The zero-order valence-electron chi connectivity index (χ0n) is 12.2. The molecule has 1 atom stereocenters. The highest BCUT2D eigenvalue weighted by molar-refractivity contribution is 7.90. The molecule has 0 radical (unpaired) electrons. The third-order valence-electron chi connectivity index (χ3n) is 2.71. The van der Waals surface area contributed by atoms with Crippen LogP contribution >= 0.6 is 12.4 Å². The lowest BCUT2D eigenvalue weighted by Crippen LogP contribution is -2.24. The van der Waals surface area contributed by atoms with Gasteiger partial charge in [-0.05, 0) is 31.7 Å². The summed E-state index contributed by atoms with van der Waals surface area (Å²) in [5, 5.41) is 3.01. The molecule has 0 heterocycles. The molecule has 0 saturated heterocycles. The lowest BCUT2D eigenvalue weighted by atomic mass is 10.1. The molecule has 1 aromatic carbocycles. The fourth-order valence-electron chi connectivity index (χ4n) is 1.83. The van der Waals surface area contributed by atoms with E-state index in [-0.39, 0.29) is 24.2 Å². The van der Waals surface area contributed by atoms with Gasteiger partial charge >= 0.3 is 0 Å². The van der Waals surface area contributed by atoms with Crippen molar-refractivity contribution in [3.63, 3.8) is 0 Å². The lowest BCUT2D eigenvalue weighted by Gasteiger charge is -2.18. The summed E-state index contributed by atoms with van der Waals surface area (Å²) in [5.74, 6) is 1.30. The molecule has 0 aromatic heterocycles. The highest BCUT2D eigenvalue weighted by atomic mass is 35.5. The molecule has 0 aliphatic heterocycles. The second-order valence-electron chi connectivity index (χ2n) is 4.28. The third-order valence-corrected chi connectivity index (χ3v) is 3.65. The molecule has 0 amide bonds. The molecule has 1 N–H and O–H groups in total. The SMILES string of the molecule is CCOc1cc(C(CS(C)(=O)=O)NC)ccc1OC.Cl. The molecular formula is C13H22ClNO4S. The maximum atomic E-state index is 11.4. The van der Waals surface area contributed by atoms with Crippen LogP contribution in [0.4, 0.5) is 0 Å². The minimum Gasteiger partial charge on any atom is -0.493 e. The predicted octanol–water partition coefficient (Wildman–Crippen LogP) is 1.82. The summed E-state index contributed by atoms with van der Waals surface area (Å²) in [6.07, 6.45) is 1.23. The Balaban J connectivity index is 0.00000361. The van der Waals surface area contributed by atoms with E-state index < -0.39 is 9.84 Å². The zero-order valence-corrected chi connectivity index (χ0v) is 13.8. The number of hydrogen-bond acceptors (Lipinski definition) is 5. The molecule has 0 aliphatic rings. The van der Waals surface area contributed by atoms with E-state index in [1.807, 2.05) is 19.1 Å². The third kappa shape index (κ3) is 5.56. The van der Waals surface area contributed by atoms with Crippen LogP contribution < -0.4 is 14.8 Å². The first-order valence-electron chi connectivity index (χ1n) is 6.07. The van der Waals surface area contributed by atoms with Crippen molar-refractivity contribution in [2.45, 2.75) is 13.0 Å². The van der Waals surface area contributed by atoms with Gasteiger partial charge in [-0.25, -0.2) is 8.42 Å². The summed E-state index contributed by atoms with van der Waals surface area (Å²) >= 11 is 0. The molecule has 20 heavy (non-hydrogen) atoms. The summed E-state index contributed by atoms with van der Waals surface area (Å²) < 4.78 is 33.5. The van der Waals surface area contributed by atoms with Crippen LogP contribution in [0.2, 0.25) is 0 Å². The van der Waals surface area contributed by atoms with Crippen molar-refractivity contribution in [2.24, 2.45) is 0 Å². The van der Waals surface area contributed by atoms with Gasteiger partial charge in [0.15, 0.2) is 11.5 Å². The van der Waals surface area contributed by atoms with E-state index in [2.05, 4.69) is 5.32 Å². The van der Waals surface area contributed by atoms with E-state index >= 15 is 0 Å². The molecule has 1 rings (SSSR count). The van der Waals surface area contributed by atoms with Crippen LogP contribution in [0.1, 0.15) is 18.5 Å². The zero-order chi connectivity index (χ0) is 14.5. The van der Waals surface area contributed by atoms with Crippen LogP contribution in [0.15, 0.2) is 18.2 Å². The van der Waals surface area contributed by atoms with Crippen LogP contribution in [0, 0.1) is 0 Å². The van der Waals surface area contributed by atoms with E-state index in [0.29, 0.717) is 18.1 Å². The molecule has 1 aromatic rings. The topological polar surface area (TPSA) is 64.6 Å². The van der Waals surface area contributed by atoms with Crippen molar-refractivity contribution in [3.8, 4) is 11.5 Å². The van der Waals surface area contributed by atoms with Crippen molar-refractivity contribution in [2.75, 3.05) is 32.8 Å². The Kier molecular flexibility index (Phi) is 7.93. The van der Waals surface area contributed by atoms with Crippen LogP contribution in [0.25, 0.3) is 0 Å². The van der Waals surface area contributed by atoms with Crippen molar-refractivity contribution in [1.29, 1.82) is 0 Å². The van der Waals surface area contributed by atoms with E-state index in [1.165, 1.54) is 6.26 Å². The first-order valence-corrected chi connectivity index (χ1v) is 8.13. The normalized spacial score (nSPS) is 12.4. The Morgan fingerprint density at radius 3 is 2.40 bits per heavy atom. The van der Waals surface area contributed by atoms with Crippen molar-refractivity contribution < 1.29 is 17.9 Å². The van der Waals surface area contributed by atoms with Gasteiger partial charge in [-0.3, -0.25) is 0 Å². The van der Waals surface area contributed by atoms with Crippen LogP contribution in [0.5, 0.6) is 11.5 Å². The smallest absolute Gasteiger partial charge is 0.161 e. The van der Waals surface area contributed by atoms with E-state index in [4.69, 9.17) is 9.47 Å². The Bertz CT molecular complexity index is 519. The first kappa shape index (κ1) is 19.0. The number of rotatable bonds is 7. The number of benzene rings is 1. The molecule has 0 bridgehead atoms. The lowest BCUT2D eigenvalue weighted by molar-refractivity contribution is 0.310. The summed E-state index contributed by atoms with van der Waals surface area (Å²) in [5.41, 5.74) is 0.858. The Labute approximate surface area is 127 Å². The summed E-state index contributed by atoms with van der Waals surface area (Å²) in [6, 6.07) is 5.18. The van der Waals surface area contributed by atoms with Gasteiger partial charge in [0, 0.05) is 12.3 Å². The quantitative estimate of drug-likeness (QED) is 0.829. The van der Waals surface area contributed by atoms with Crippen molar-refractivity contribution in [3.05, 3.63) is 23.8 Å². The fraction of sp³-hybridized carbons (Fsp3) is 0.538. The average molecular weight is 324 g/mol. The van der Waals surface area contributed by atoms with Gasteiger partial charge in [0.2, 0.25) is 0 Å². The molecule has 7 heteroatoms. The van der Waals surface area contributed by atoms with Gasteiger partial charge in [-0.2, -0.15) is 0 Å². The second-order valence-corrected chi connectivity index (χ2v) is 6.46. The van der Waals surface area contributed by atoms with Gasteiger partial charge < -0.3 is 14.8 Å². The van der Waals surface area contributed by atoms with Gasteiger partial charge in [0.1, 0.15) is 9.84 Å². The highest BCUT2D eigenvalue weighted by Gasteiger charge is 2.17. The van der Waals surface area contributed by atoms with Crippen LogP contribution in [-0.4, -0.2) is 41.2 Å². The molecule has 116 valence electrons. The monoisotopic (exact) mass is 323 g/mol. The summed E-state index contributed by atoms with van der Waals surface area (Å²) in [6.45, 7) is 2.41. The number of nitrogens with one attached hydrogen (secondary N) is 1. The maximum absolute atomic E-state index is 11.4. The largest absolute Gasteiger partial charge is 0.493 e.